The number of benzene rings is 1. The van der Waals surface area contributed by atoms with Crippen LogP contribution in [0, 0.1) is 5.82 Å². The van der Waals surface area contributed by atoms with Crippen LogP contribution in [0.1, 0.15) is 35.7 Å². The number of carbonyl (C=O) groups excluding carboxylic acids is 1. The third-order valence-electron chi connectivity index (χ3n) is 5.36. The zero-order valence-corrected chi connectivity index (χ0v) is 17.4. The zero-order valence-electron chi connectivity index (χ0n) is 15.8. The van der Waals surface area contributed by atoms with Gasteiger partial charge in [-0.2, -0.15) is 0 Å². The summed E-state index contributed by atoms with van der Waals surface area (Å²) in [5.74, 6) is -2.25. The molecule has 1 atom stereocenters. The molecule has 2 N–H and O–H groups in total. The lowest BCUT2D eigenvalue weighted by Gasteiger charge is -2.23. The molecule has 0 spiro atoms. The van der Waals surface area contributed by atoms with Gasteiger partial charge in [-0.1, -0.05) is 11.6 Å². The van der Waals surface area contributed by atoms with Crippen LogP contribution in [-0.4, -0.2) is 49.9 Å². The van der Waals surface area contributed by atoms with E-state index in [1.54, 1.807) is 9.47 Å². The number of fused-ring (bicyclic) bond motifs is 1. The monoisotopic (exact) mass is 441 g/mol. The summed E-state index contributed by atoms with van der Waals surface area (Å²) >= 11 is 6.60. The molecule has 2 heterocycles. The van der Waals surface area contributed by atoms with Crippen LogP contribution in [0.25, 0.3) is 10.9 Å². The summed E-state index contributed by atoms with van der Waals surface area (Å²) < 4.78 is 39.8. The Morgan fingerprint density at radius 3 is 2.59 bits per heavy atom. The molecule has 0 unspecified atom stereocenters. The summed E-state index contributed by atoms with van der Waals surface area (Å²) in [5.41, 5.74) is 5.54. The van der Waals surface area contributed by atoms with Crippen LogP contribution >= 0.6 is 11.6 Å². The first kappa shape index (κ1) is 20.3. The van der Waals surface area contributed by atoms with E-state index in [4.69, 9.17) is 17.3 Å². The van der Waals surface area contributed by atoms with Gasteiger partial charge in [0, 0.05) is 37.6 Å². The summed E-state index contributed by atoms with van der Waals surface area (Å²) in [7, 11) is -3.61. The molecular weight excluding hydrogens is 421 g/mol. The molecule has 7 nitrogen and oxygen atoms in total. The van der Waals surface area contributed by atoms with Gasteiger partial charge in [-0.05, 0) is 25.3 Å². The van der Waals surface area contributed by atoms with Crippen molar-refractivity contribution in [3.05, 3.63) is 38.9 Å². The molecule has 1 aliphatic carbocycles. The highest BCUT2D eigenvalue weighted by molar-refractivity contribution is 7.91. The minimum atomic E-state index is -3.61. The van der Waals surface area contributed by atoms with E-state index in [0.717, 1.165) is 25.2 Å². The van der Waals surface area contributed by atoms with Gasteiger partial charge in [0.2, 0.25) is 0 Å². The maximum absolute atomic E-state index is 15.0. The molecular formula is C19H21ClFN3O4S. The van der Waals surface area contributed by atoms with Gasteiger partial charge >= 0.3 is 0 Å². The predicted octanol–water partition coefficient (Wildman–Crippen LogP) is 1.89. The first-order valence-corrected chi connectivity index (χ1v) is 11.8. The fourth-order valence-corrected chi connectivity index (χ4v) is 4.91. The SMILES string of the molecule is CS(=O)(=O)CC(=O)c1cn(C2CC2)c2c(Cl)c(N3CC[C@@H](N)C3)c(F)cc2c1=O. The van der Waals surface area contributed by atoms with Gasteiger partial charge < -0.3 is 15.2 Å². The van der Waals surface area contributed by atoms with Crippen LogP contribution in [0.15, 0.2) is 17.1 Å². The quantitative estimate of drug-likeness (QED) is 0.711. The van der Waals surface area contributed by atoms with E-state index in [0.29, 0.717) is 25.0 Å². The molecule has 4 rings (SSSR count). The van der Waals surface area contributed by atoms with Crippen molar-refractivity contribution in [1.82, 2.24) is 4.57 Å². The van der Waals surface area contributed by atoms with E-state index in [-0.39, 0.29) is 33.7 Å². The van der Waals surface area contributed by atoms with E-state index in [1.807, 2.05) is 0 Å². The van der Waals surface area contributed by atoms with Gasteiger partial charge in [0.15, 0.2) is 21.0 Å². The maximum Gasteiger partial charge on any atom is 0.200 e. The van der Waals surface area contributed by atoms with Crippen molar-refractivity contribution in [3.8, 4) is 0 Å². The molecule has 1 saturated heterocycles. The lowest BCUT2D eigenvalue weighted by Crippen LogP contribution is -2.28. The Morgan fingerprint density at radius 2 is 2.03 bits per heavy atom. The van der Waals surface area contributed by atoms with Crippen molar-refractivity contribution >= 4 is 43.8 Å². The van der Waals surface area contributed by atoms with Crippen LogP contribution in [0.5, 0.6) is 0 Å². The van der Waals surface area contributed by atoms with Crippen molar-refractivity contribution in [3.63, 3.8) is 0 Å². The zero-order chi connectivity index (χ0) is 21.1. The average molecular weight is 442 g/mol. The summed E-state index contributed by atoms with van der Waals surface area (Å²) in [6, 6.07) is 1.04. The molecule has 0 amide bonds. The second-order valence-electron chi connectivity index (χ2n) is 7.92. The fourth-order valence-electron chi connectivity index (χ4n) is 3.87. The van der Waals surface area contributed by atoms with E-state index >= 15 is 0 Å². The van der Waals surface area contributed by atoms with Gasteiger partial charge in [0.1, 0.15) is 11.6 Å². The molecule has 2 aromatic rings. The van der Waals surface area contributed by atoms with Crippen molar-refractivity contribution in [1.29, 1.82) is 0 Å². The van der Waals surface area contributed by atoms with Crippen LogP contribution in [0.2, 0.25) is 5.02 Å². The Hall–Kier alpha value is -1.97. The highest BCUT2D eigenvalue weighted by atomic mass is 35.5. The summed E-state index contributed by atoms with van der Waals surface area (Å²) in [6.07, 6.45) is 4.67. The van der Waals surface area contributed by atoms with Gasteiger partial charge in [0.25, 0.3) is 0 Å². The van der Waals surface area contributed by atoms with Crippen LogP contribution in [0.3, 0.4) is 0 Å². The highest BCUT2D eigenvalue weighted by Crippen LogP contribution is 2.42. The second-order valence-corrected chi connectivity index (χ2v) is 10.4. The summed E-state index contributed by atoms with van der Waals surface area (Å²) in [4.78, 5) is 27.2. The Morgan fingerprint density at radius 1 is 1.34 bits per heavy atom. The van der Waals surface area contributed by atoms with Crippen molar-refractivity contribution < 1.29 is 17.6 Å². The number of Topliss-reactive ketones (excluding diaryl/α,β-unsaturated/α-hetero) is 1. The minimum absolute atomic E-state index is 0.0222. The number of anilines is 1. The molecule has 2 fully saturated rings. The molecule has 0 bridgehead atoms. The molecule has 156 valence electrons. The number of halogens is 2. The van der Waals surface area contributed by atoms with Crippen LogP contribution in [0.4, 0.5) is 10.1 Å². The normalized spacial score (nSPS) is 19.9. The Labute approximate surface area is 172 Å². The number of sulfone groups is 1. The number of rotatable bonds is 5. The first-order chi connectivity index (χ1) is 13.6. The van der Waals surface area contributed by atoms with Crippen molar-refractivity contribution in [2.45, 2.75) is 31.3 Å². The topological polar surface area (TPSA) is 102 Å². The molecule has 2 aliphatic rings. The minimum Gasteiger partial charge on any atom is -0.366 e. The molecule has 10 heteroatoms. The fraction of sp³-hybridized carbons (Fsp3) is 0.474. The van der Waals surface area contributed by atoms with Gasteiger partial charge in [-0.25, -0.2) is 12.8 Å². The third kappa shape index (κ3) is 3.78. The lowest BCUT2D eigenvalue weighted by atomic mass is 10.1. The Kier molecular flexibility index (Phi) is 4.95. The Balaban J connectivity index is 1.95. The van der Waals surface area contributed by atoms with E-state index in [2.05, 4.69) is 0 Å². The molecule has 1 saturated carbocycles. The highest BCUT2D eigenvalue weighted by Gasteiger charge is 2.32. The standard InChI is InChI=1S/C19H21ClFN3O4S/c1-29(27,28)9-15(25)13-8-24(11-2-3-11)17-12(19(13)26)6-14(21)18(16(17)20)23-5-4-10(22)7-23/h6,8,10-11H,2-5,7,9,22H2,1H3/t10-/m1/s1. The number of aromatic nitrogens is 1. The van der Waals surface area contributed by atoms with Crippen LogP contribution in [-0.2, 0) is 9.84 Å². The van der Waals surface area contributed by atoms with Crippen LogP contribution < -0.4 is 16.1 Å². The molecule has 1 aromatic carbocycles. The third-order valence-corrected chi connectivity index (χ3v) is 6.50. The summed E-state index contributed by atoms with van der Waals surface area (Å²) in [6.45, 7) is 1.02. The number of nitrogens with two attached hydrogens (primary N) is 1. The maximum atomic E-state index is 15.0. The van der Waals surface area contributed by atoms with Gasteiger partial charge in [-0.3, -0.25) is 9.59 Å². The van der Waals surface area contributed by atoms with E-state index in [1.165, 1.54) is 6.20 Å². The van der Waals surface area contributed by atoms with Gasteiger partial charge in [-0.15, -0.1) is 0 Å². The summed E-state index contributed by atoms with van der Waals surface area (Å²) in [5, 5.41) is 0.0891. The largest absolute Gasteiger partial charge is 0.366 e. The first-order valence-electron chi connectivity index (χ1n) is 9.35. The lowest BCUT2D eigenvalue weighted by molar-refractivity contribution is 0.101. The van der Waals surface area contributed by atoms with Crippen molar-refractivity contribution in [2.24, 2.45) is 5.73 Å². The number of carbonyl (C=O) groups is 1. The predicted molar refractivity (Wildman–Crippen MR) is 110 cm³/mol. The van der Waals surface area contributed by atoms with Crippen molar-refractivity contribution in [2.75, 3.05) is 30.0 Å². The number of pyridine rings is 1. The number of hydrogen-bond donors (Lipinski definition) is 1. The van der Waals surface area contributed by atoms with E-state index in [9.17, 15) is 22.4 Å². The number of ketones is 1. The number of hydrogen-bond acceptors (Lipinski definition) is 6. The molecule has 0 radical (unpaired) electrons. The Bertz CT molecular complexity index is 1190. The smallest absolute Gasteiger partial charge is 0.200 e. The average Bonchev–Trinajstić information content (AvgIpc) is 3.36. The van der Waals surface area contributed by atoms with E-state index < -0.39 is 32.6 Å². The second kappa shape index (κ2) is 7.07. The number of nitrogens with zero attached hydrogens (tertiary/aromatic N) is 2. The van der Waals surface area contributed by atoms with Gasteiger partial charge in [0.05, 0.1) is 27.2 Å². The molecule has 1 aromatic heterocycles. The molecule has 1 aliphatic heterocycles. The molecule has 29 heavy (non-hydrogen) atoms.